The van der Waals surface area contributed by atoms with E-state index < -0.39 is 0 Å². The summed E-state index contributed by atoms with van der Waals surface area (Å²) in [5.74, 6) is 6.57. The van der Waals surface area contributed by atoms with Crippen molar-refractivity contribution in [3.63, 3.8) is 0 Å². The van der Waals surface area contributed by atoms with E-state index in [1.165, 1.54) is 0 Å². The SMILES string of the molecule is CCC1CN(C(=O)c2nc(NN)ccc2Cl)CCS1. The van der Waals surface area contributed by atoms with E-state index in [9.17, 15) is 4.79 Å². The van der Waals surface area contributed by atoms with E-state index in [0.717, 1.165) is 25.3 Å². The molecular weight excluding hydrogens is 284 g/mol. The fourth-order valence-electron chi connectivity index (χ4n) is 1.97. The van der Waals surface area contributed by atoms with Crippen LogP contribution in [-0.4, -0.2) is 39.9 Å². The highest BCUT2D eigenvalue weighted by Gasteiger charge is 2.26. The summed E-state index contributed by atoms with van der Waals surface area (Å²) >= 11 is 7.97. The van der Waals surface area contributed by atoms with E-state index in [1.807, 2.05) is 16.7 Å². The Hall–Kier alpha value is -0.980. The quantitative estimate of drug-likeness (QED) is 0.660. The molecule has 1 unspecified atom stereocenters. The molecule has 0 radical (unpaired) electrons. The Kier molecular flexibility index (Phi) is 4.90. The molecule has 2 rings (SSSR count). The van der Waals surface area contributed by atoms with Gasteiger partial charge in [0, 0.05) is 24.1 Å². The number of thioether (sulfide) groups is 1. The van der Waals surface area contributed by atoms with Gasteiger partial charge in [0.25, 0.3) is 5.91 Å². The summed E-state index contributed by atoms with van der Waals surface area (Å²) in [6, 6.07) is 3.27. The average Bonchev–Trinajstić information content (AvgIpc) is 2.47. The maximum absolute atomic E-state index is 12.5. The topological polar surface area (TPSA) is 71.2 Å². The van der Waals surface area contributed by atoms with Crippen molar-refractivity contribution in [3.8, 4) is 0 Å². The lowest BCUT2D eigenvalue weighted by atomic mass is 10.2. The highest BCUT2D eigenvalue weighted by Crippen LogP contribution is 2.24. The second kappa shape index (κ2) is 6.45. The van der Waals surface area contributed by atoms with Crippen molar-refractivity contribution in [3.05, 3.63) is 22.8 Å². The van der Waals surface area contributed by atoms with E-state index in [2.05, 4.69) is 17.3 Å². The van der Waals surface area contributed by atoms with Crippen molar-refractivity contribution in [2.24, 2.45) is 5.84 Å². The molecule has 1 aliphatic rings. The Bertz CT molecular complexity index is 471. The number of amides is 1. The molecule has 1 atom stereocenters. The van der Waals surface area contributed by atoms with Gasteiger partial charge in [0.05, 0.1) is 5.02 Å². The summed E-state index contributed by atoms with van der Waals surface area (Å²) < 4.78 is 0. The predicted molar refractivity (Wildman–Crippen MR) is 79.5 cm³/mol. The van der Waals surface area contributed by atoms with E-state index in [0.29, 0.717) is 16.1 Å². The minimum atomic E-state index is -0.124. The lowest BCUT2D eigenvalue weighted by Crippen LogP contribution is -2.42. The number of anilines is 1. The third kappa shape index (κ3) is 3.32. The predicted octanol–water partition coefficient (Wildman–Crippen LogP) is 1.99. The standard InChI is InChI=1S/C12H17ClN4OS/c1-2-8-7-17(5-6-19-8)12(18)11-9(13)3-4-10(15-11)16-14/h3-4,8H,2,5-7,14H2,1H3,(H,15,16). The molecule has 3 N–H and O–H groups in total. The number of nitrogens with two attached hydrogens (primary N) is 1. The number of nitrogen functional groups attached to an aromatic ring is 1. The molecule has 1 fully saturated rings. The monoisotopic (exact) mass is 300 g/mol. The van der Waals surface area contributed by atoms with Gasteiger partial charge < -0.3 is 10.3 Å². The normalized spacial score (nSPS) is 19.3. The van der Waals surface area contributed by atoms with Crippen LogP contribution in [0.4, 0.5) is 5.82 Å². The second-order valence-corrected chi connectivity index (χ2v) is 6.14. The maximum atomic E-state index is 12.5. The Labute approximate surface area is 121 Å². The molecule has 1 saturated heterocycles. The van der Waals surface area contributed by atoms with Crippen LogP contribution in [0.3, 0.4) is 0 Å². The van der Waals surface area contributed by atoms with Crippen molar-refractivity contribution in [2.75, 3.05) is 24.3 Å². The molecule has 5 nitrogen and oxygen atoms in total. The molecule has 7 heteroatoms. The van der Waals surface area contributed by atoms with Crippen LogP contribution in [0.25, 0.3) is 0 Å². The lowest BCUT2D eigenvalue weighted by molar-refractivity contribution is 0.0755. The van der Waals surface area contributed by atoms with Gasteiger partial charge in [-0.05, 0) is 18.6 Å². The molecule has 104 valence electrons. The van der Waals surface area contributed by atoms with Gasteiger partial charge in [-0.15, -0.1) is 0 Å². The molecule has 0 bridgehead atoms. The first-order valence-electron chi connectivity index (χ1n) is 6.19. The molecule has 0 aliphatic carbocycles. The van der Waals surface area contributed by atoms with Crippen molar-refractivity contribution in [2.45, 2.75) is 18.6 Å². The molecule has 1 amide bonds. The van der Waals surface area contributed by atoms with Gasteiger partial charge in [0.15, 0.2) is 0 Å². The zero-order chi connectivity index (χ0) is 13.8. The van der Waals surface area contributed by atoms with Crippen LogP contribution in [0.1, 0.15) is 23.8 Å². The van der Waals surface area contributed by atoms with E-state index in [-0.39, 0.29) is 11.6 Å². The van der Waals surface area contributed by atoms with Gasteiger partial charge in [0.2, 0.25) is 0 Å². The summed E-state index contributed by atoms with van der Waals surface area (Å²) in [5, 5.41) is 0.850. The summed E-state index contributed by atoms with van der Waals surface area (Å²) in [5.41, 5.74) is 2.69. The molecule has 2 heterocycles. The molecule has 1 aromatic rings. The van der Waals surface area contributed by atoms with E-state index in [1.54, 1.807) is 12.1 Å². The lowest BCUT2D eigenvalue weighted by Gasteiger charge is -2.31. The highest BCUT2D eigenvalue weighted by atomic mass is 35.5. The van der Waals surface area contributed by atoms with E-state index >= 15 is 0 Å². The van der Waals surface area contributed by atoms with Crippen LogP contribution in [-0.2, 0) is 0 Å². The summed E-state index contributed by atoms with van der Waals surface area (Å²) in [6.45, 7) is 3.62. The van der Waals surface area contributed by atoms with E-state index in [4.69, 9.17) is 17.4 Å². The summed E-state index contributed by atoms with van der Waals surface area (Å²) in [7, 11) is 0. The minimum Gasteiger partial charge on any atom is -0.335 e. The number of carbonyl (C=O) groups is 1. The Morgan fingerprint density at radius 3 is 3.16 bits per heavy atom. The van der Waals surface area contributed by atoms with Crippen LogP contribution in [0.2, 0.25) is 5.02 Å². The first kappa shape index (κ1) is 14.4. The molecular formula is C12H17ClN4OS. The summed E-state index contributed by atoms with van der Waals surface area (Å²) in [4.78, 5) is 18.4. The molecule has 0 saturated carbocycles. The molecule has 0 spiro atoms. The van der Waals surface area contributed by atoms with Gasteiger partial charge in [-0.2, -0.15) is 11.8 Å². The Morgan fingerprint density at radius 1 is 1.68 bits per heavy atom. The van der Waals surface area contributed by atoms with Crippen molar-refractivity contribution in [1.82, 2.24) is 9.88 Å². The second-order valence-electron chi connectivity index (χ2n) is 4.32. The number of hydrogen-bond donors (Lipinski definition) is 2. The number of carbonyl (C=O) groups excluding carboxylic acids is 1. The van der Waals surface area contributed by atoms with Gasteiger partial charge in [-0.3, -0.25) is 4.79 Å². The van der Waals surface area contributed by atoms with Gasteiger partial charge in [-0.25, -0.2) is 10.8 Å². The van der Waals surface area contributed by atoms with Gasteiger partial charge in [-0.1, -0.05) is 18.5 Å². The number of hydrogen-bond acceptors (Lipinski definition) is 5. The molecule has 19 heavy (non-hydrogen) atoms. The van der Waals surface area contributed by atoms with Crippen LogP contribution in [0.5, 0.6) is 0 Å². The minimum absolute atomic E-state index is 0.124. The smallest absolute Gasteiger partial charge is 0.274 e. The number of nitrogens with one attached hydrogen (secondary N) is 1. The highest BCUT2D eigenvalue weighted by molar-refractivity contribution is 8.00. The Morgan fingerprint density at radius 2 is 2.47 bits per heavy atom. The first-order valence-corrected chi connectivity index (χ1v) is 7.62. The fraction of sp³-hybridized carbons (Fsp3) is 0.500. The molecule has 0 aromatic carbocycles. The number of aromatic nitrogens is 1. The zero-order valence-corrected chi connectivity index (χ0v) is 12.3. The zero-order valence-electron chi connectivity index (χ0n) is 10.7. The van der Waals surface area contributed by atoms with Crippen LogP contribution in [0.15, 0.2) is 12.1 Å². The average molecular weight is 301 g/mol. The van der Waals surface area contributed by atoms with Crippen molar-refractivity contribution in [1.29, 1.82) is 0 Å². The third-order valence-corrected chi connectivity index (χ3v) is 4.75. The van der Waals surface area contributed by atoms with Crippen LogP contribution in [0, 0.1) is 0 Å². The number of nitrogens with zero attached hydrogens (tertiary/aromatic N) is 2. The summed E-state index contributed by atoms with van der Waals surface area (Å²) in [6.07, 6.45) is 1.06. The molecule has 1 aromatic heterocycles. The largest absolute Gasteiger partial charge is 0.335 e. The first-order chi connectivity index (χ1) is 9.15. The van der Waals surface area contributed by atoms with Crippen LogP contribution < -0.4 is 11.3 Å². The van der Waals surface area contributed by atoms with Gasteiger partial charge >= 0.3 is 0 Å². The fourth-order valence-corrected chi connectivity index (χ4v) is 3.34. The Balaban J connectivity index is 2.18. The maximum Gasteiger partial charge on any atom is 0.274 e. The van der Waals surface area contributed by atoms with Crippen molar-refractivity contribution >= 4 is 35.1 Å². The number of pyridine rings is 1. The number of hydrazine groups is 1. The molecule has 1 aliphatic heterocycles. The number of halogens is 1. The van der Waals surface area contributed by atoms with Crippen molar-refractivity contribution < 1.29 is 4.79 Å². The third-order valence-electron chi connectivity index (χ3n) is 3.08. The van der Waals surface area contributed by atoms with Crippen LogP contribution >= 0.6 is 23.4 Å². The van der Waals surface area contributed by atoms with Gasteiger partial charge in [0.1, 0.15) is 11.5 Å². The number of rotatable bonds is 3.